The average Bonchev–Trinajstić information content (AvgIpc) is 2.85. The van der Waals surface area contributed by atoms with Crippen molar-refractivity contribution in [2.24, 2.45) is 4.99 Å². The summed E-state index contributed by atoms with van der Waals surface area (Å²) in [6.07, 6.45) is 0.641. The Morgan fingerprint density at radius 3 is 2.14 bits per heavy atom. The minimum Gasteiger partial charge on any atom is -0.478 e. The van der Waals surface area contributed by atoms with E-state index in [9.17, 15) is 24.3 Å². The number of aromatic carboxylic acids is 1. The Hall–Kier alpha value is -4.75. The molecular formula is C26H22N2O7. The van der Waals surface area contributed by atoms with Crippen molar-refractivity contribution >= 4 is 35.5 Å². The molecule has 9 nitrogen and oxygen atoms in total. The van der Waals surface area contributed by atoms with Crippen molar-refractivity contribution in [2.45, 2.75) is 19.4 Å². The van der Waals surface area contributed by atoms with E-state index in [4.69, 9.17) is 9.47 Å². The Bertz CT molecular complexity index is 1250. The smallest absolute Gasteiger partial charge is 0.411 e. The monoisotopic (exact) mass is 474 g/mol. The minimum atomic E-state index is -1.24. The molecule has 2 N–H and O–H groups in total. The van der Waals surface area contributed by atoms with Gasteiger partial charge in [0.05, 0.1) is 16.8 Å². The quantitative estimate of drug-likeness (QED) is 0.260. The number of isocyanates is 1. The normalized spacial score (nSPS) is 11.0. The predicted molar refractivity (Wildman–Crippen MR) is 127 cm³/mol. The van der Waals surface area contributed by atoms with E-state index in [0.29, 0.717) is 17.8 Å². The third-order valence-corrected chi connectivity index (χ3v) is 4.85. The van der Waals surface area contributed by atoms with Gasteiger partial charge in [-0.15, -0.1) is 0 Å². The number of aliphatic imine (C=N–C) groups is 1. The molecule has 178 valence electrons. The number of carbonyl (C=O) groups excluding carboxylic acids is 3. The molecule has 1 amide bonds. The van der Waals surface area contributed by atoms with E-state index in [0.717, 1.165) is 11.1 Å². The SMILES string of the molecule is CC(COC(=O)Nc1ccc(Cc2ccc(N=C=O)cc2)cc1)OC(=O)c1ccccc1C(=O)O. The first kappa shape index (κ1) is 24.9. The summed E-state index contributed by atoms with van der Waals surface area (Å²) in [4.78, 5) is 49.4. The zero-order valence-corrected chi connectivity index (χ0v) is 18.8. The van der Waals surface area contributed by atoms with Gasteiger partial charge < -0.3 is 14.6 Å². The number of nitrogens with one attached hydrogen (secondary N) is 1. The van der Waals surface area contributed by atoms with Crippen molar-refractivity contribution in [3.05, 3.63) is 95.1 Å². The lowest BCUT2D eigenvalue weighted by Crippen LogP contribution is -2.25. The van der Waals surface area contributed by atoms with Crippen LogP contribution in [0.2, 0.25) is 0 Å². The fourth-order valence-corrected chi connectivity index (χ4v) is 3.16. The molecule has 1 atom stereocenters. The maximum atomic E-state index is 12.3. The van der Waals surface area contributed by atoms with Gasteiger partial charge in [-0.25, -0.2) is 19.2 Å². The number of anilines is 1. The fourth-order valence-electron chi connectivity index (χ4n) is 3.16. The van der Waals surface area contributed by atoms with Crippen molar-refractivity contribution in [2.75, 3.05) is 11.9 Å². The largest absolute Gasteiger partial charge is 0.478 e. The second kappa shape index (κ2) is 11.9. The first-order valence-corrected chi connectivity index (χ1v) is 10.6. The zero-order chi connectivity index (χ0) is 25.2. The van der Waals surface area contributed by atoms with Gasteiger partial charge in [0.15, 0.2) is 0 Å². The summed E-state index contributed by atoms with van der Waals surface area (Å²) in [5.74, 6) is -2.06. The van der Waals surface area contributed by atoms with Crippen LogP contribution in [0.15, 0.2) is 77.8 Å². The van der Waals surface area contributed by atoms with Crippen LogP contribution in [0, 0.1) is 0 Å². The van der Waals surface area contributed by atoms with Crippen LogP contribution in [-0.2, 0) is 20.7 Å². The van der Waals surface area contributed by atoms with Crippen molar-refractivity contribution in [3.63, 3.8) is 0 Å². The third kappa shape index (κ3) is 7.38. The fraction of sp³-hybridized carbons (Fsp3) is 0.154. The number of carboxylic acids is 1. The standard InChI is InChI=1S/C26H22N2O7/c1-17(35-25(32)23-5-3-2-4-22(23)24(30)31)15-34-26(33)28-21-12-8-19(9-13-21)14-18-6-10-20(11-7-18)27-16-29/h2-13,17H,14-15H2,1H3,(H,28,33)(H,30,31). The lowest BCUT2D eigenvalue weighted by molar-refractivity contribution is 0.0164. The highest BCUT2D eigenvalue weighted by atomic mass is 16.6. The van der Waals surface area contributed by atoms with Gasteiger partial charge in [-0.05, 0) is 60.9 Å². The average molecular weight is 474 g/mol. The van der Waals surface area contributed by atoms with Crippen LogP contribution in [0.1, 0.15) is 38.8 Å². The van der Waals surface area contributed by atoms with E-state index in [1.165, 1.54) is 37.3 Å². The molecule has 0 saturated heterocycles. The molecule has 0 radical (unpaired) electrons. The van der Waals surface area contributed by atoms with E-state index in [2.05, 4.69) is 10.3 Å². The van der Waals surface area contributed by atoms with Crippen LogP contribution in [-0.4, -0.2) is 41.9 Å². The van der Waals surface area contributed by atoms with Crippen molar-refractivity contribution < 1.29 is 33.8 Å². The van der Waals surface area contributed by atoms with Gasteiger partial charge in [0.2, 0.25) is 6.08 Å². The summed E-state index contributed by atoms with van der Waals surface area (Å²) >= 11 is 0. The number of carboxylic acid groups (broad SMARTS) is 1. The number of hydrogen-bond acceptors (Lipinski definition) is 7. The van der Waals surface area contributed by atoms with Gasteiger partial charge in [0, 0.05) is 5.69 Å². The van der Waals surface area contributed by atoms with Crippen molar-refractivity contribution in [1.29, 1.82) is 0 Å². The van der Waals surface area contributed by atoms with Crippen molar-refractivity contribution in [3.8, 4) is 0 Å². The van der Waals surface area contributed by atoms with Gasteiger partial charge in [-0.1, -0.05) is 36.4 Å². The summed E-state index contributed by atoms with van der Waals surface area (Å²) in [7, 11) is 0. The molecule has 0 heterocycles. The van der Waals surface area contributed by atoms with Gasteiger partial charge in [0.25, 0.3) is 0 Å². The van der Waals surface area contributed by atoms with E-state index in [-0.39, 0.29) is 17.7 Å². The van der Waals surface area contributed by atoms with E-state index >= 15 is 0 Å². The molecule has 35 heavy (non-hydrogen) atoms. The van der Waals surface area contributed by atoms with Gasteiger partial charge in [0.1, 0.15) is 12.7 Å². The van der Waals surface area contributed by atoms with Gasteiger partial charge in [-0.2, -0.15) is 4.99 Å². The number of benzene rings is 3. The third-order valence-electron chi connectivity index (χ3n) is 4.85. The molecular weight excluding hydrogens is 452 g/mol. The molecule has 3 aromatic rings. The van der Waals surface area contributed by atoms with Crippen LogP contribution >= 0.6 is 0 Å². The molecule has 0 aliphatic heterocycles. The lowest BCUT2D eigenvalue weighted by atomic mass is 10.0. The molecule has 0 aliphatic carbocycles. The van der Waals surface area contributed by atoms with Gasteiger partial charge in [-0.3, -0.25) is 5.32 Å². The number of nitrogens with zero attached hydrogens (tertiary/aromatic N) is 1. The highest BCUT2D eigenvalue weighted by Gasteiger charge is 2.20. The molecule has 3 rings (SSSR count). The first-order chi connectivity index (χ1) is 16.9. The number of hydrogen-bond donors (Lipinski definition) is 2. The molecule has 0 bridgehead atoms. The molecule has 1 unspecified atom stereocenters. The van der Waals surface area contributed by atoms with E-state index in [1.54, 1.807) is 24.3 Å². The molecule has 0 saturated carbocycles. The summed E-state index contributed by atoms with van der Waals surface area (Å²) in [6, 6.07) is 20.1. The highest BCUT2D eigenvalue weighted by Crippen LogP contribution is 2.17. The summed E-state index contributed by atoms with van der Waals surface area (Å²) in [6.45, 7) is 1.32. The molecule has 0 aliphatic rings. The summed E-state index contributed by atoms with van der Waals surface area (Å²) in [5, 5.41) is 11.8. The maximum absolute atomic E-state index is 12.3. The number of amides is 1. The van der Waals surface area contributed by atoms with Crippen molar-refractivity contribution in [1.82, 2.24) is 0 Å². The van der Waals surface area contributed by atoms with Gasteiger partial charge >= 0.3 is 18.0 Å². The molecule has 3 aromatic carbocycles. The molecule has 0 fully saturated rings. The topological polar surface area (TPSA) is 131 Å². The zero-order valence-electron chi connectivity index (χ0n) is 18.8. The number of esters is 1. The van der Waals surface area contributed by atoms with E-state index in [1.807, 2.05) is 24.3 Å². The Balaban J connectivity index is 1.46. The Kier molecular flexibility index (Phi) is 8.48. The second-order valence-electron chi connectivity index (χ2n) is 7.53. The van der Waals surface area contributed by atoms with Crippen LogP contribution in [0.4, 0.5) is 16.2 Å². The lowest BCUT2D eigenvalue weighted by Gasteiger charge is -2.15. The highest BCUT2D eigenvalue weighted by molar-refractivity contribution is 6.02. The molecule has 0 spiro atoms. The Labute approximate surface area is 201 Å². The summed E-state index contributed by atoms with van der Waals surface area (Å²) < 4.78 is 10.3. The maximum Gasteiger partial charge on any atom is 0.411 e. The minimum absolute atomic E-state index is 0.0817. The number of ether oxygens (including phenoxy) is 2. The Morgan fingerprint density at radius 1 is 0.943 bits per heavy atom. The van der Waals surface area contributed by atoms with Crippen LogP contribution in [0.25, 0.3) is 0 Å². The second-order valence-corrected chi connectivity index (χ2v) is 7.53. The van der Waals surface area contributed by atoms with Crippen LogP contribution in [0.3, 0.4) is 0 Å². The summed E-state index contributed by atoms with van der Waals surface area (Å²) in [5.41, 5.74) is 2.85. The number of carbonyl (C=O) groups is 3. The van der Waals surface area contributed by atoms with Crippen LogP contribution in [0.5, 0.6) is 0 Å². The number of rotatable bonds is 9. The predicted octanol–water partition coefficient (Wildman–Crippen LogP) is 4.74. The Morgan fingerprint density at radius 2 is 1.54 bits per heavy atom. The van der Waals surface area contributed by atoms with Crippen LogP contribution < -0.4 is 5.32 Å². The molecule has 9 heteroatoms. The first-order valence-electron chi connectivity index (χ1n) is 10.6. The molecule has 0 aromatic heterocycles. The van der Waals surface area contributed by atoms with E-state index < -0.39 is 24.1 Å².